The molecule has 0 atom stereocenters. The van der Waals surface area contributed by atoms with Gasteiger partial charge in [0, 0.05) is 29.9 Å². The zero-order valence-electron chi connectivity index (χ0n) is 20.0. The van der Waals surface area contributed by atoms with Crippen molar-refractivity contribution in [2.75, 3.05) is 5.32 Å². The monoisotopic (exact) mass is 480 g/mol. The molecule has 4 aromatic rings. The van der Waals surface area contributed by atoms with Gasteiger partial charge in [0.1, 0.15) is 12.2 Å². The number of benzene rings is 2. The quantitative estimate of drug-likeness (QED) is 0.317. The maximum absolute atomic E-state index is 13.2. The first-order valence-corrected chi connectivity index (χ1v) is 11.4. The Morgan fingerprint density at radius 3 is 2.29 bits per heavy atom. The van der Waals surface area contributed by atoms with Crippen molar-refractivity contribution in [3.8, 4) is 22.8 Å². The van der Waals surface area contributed by atoms with E-state index in [1.54, 1.807) is 12.1 Å². The summed E-state index contributed by atoms with van der Waals surface area (Å²) in [6.07, 6.45) is -1.95. The van der Waals surface area contributed by atoms with Crippen LogP contribution in [0.2, 0.25) is 0 Å². The first kappa shape index (κ1) is 24.4. The van der Waals surface area contributed by atoms with Crippen molar-refractivity contribution in [3.05, 3.63) is 77.9 Å². The normalized spacial score (nSPS) is 11.9. The fraction of sp³-hybridized carbons (Fsp3) is 0.308. The molecule has 2 aromatic heterocycles. The van der Waals surface area contributed by atoms with Gasteiger partial charge in [-0.25, -0.2) is 15.0 Å². The van der Waals surface area contributed by atoms with Gasteiger partial charge in [0.15, 0.2) is 11.5 Å². The van der Waals surface area contributed by atoms with E-state index in [-0.39, 0.29) is 11.9 Å². The molecule has 9 heteroatoms. The fourth-order valence-corrected chi connectivity index (χ4v) is 3.81. The van der Waals surface area contributed by atoms with Crippen LogP contribution in [0.3, 0.4) is 0 Å². The largest absolute Gasteiger partial charge is 0.434 e. The molecule has 2 heterocycles. The minimum atomic E-state index is -4.49. The van der Waals surface area contributed by atoms with Crippen molar-refractivity contribution in [3.63, 3.8) is 0 Å². The van der Waals surface area contributed by atoms with Crippen LogP contribution in [0.4, 0.5) is 19.1 Å². The maximum Gasteiger partial charge on any atom is 0.434 e. The van der Waals surface area contributed by atoms with E-state index in [0.717, 1.165) is 22.9 Å². The van der Waals surface area contributed by atoms with Crippen molar-refractivity contribution in [1.82, 2.24) is 24.5 Å². The van der Waals surface area contributed by atoms with Gasteiger partial charge in [-0.2, -0.15) is 18.2 Å². The molecule has 0 spiro atoms. The Bertz CT molecular complexity index is 1290. The molecule has 4 rings (SSSR count). The molecule has 1 N–H and O–H groups in total. The van der Waals surface area contributed by atoms with Crippen LogP contribution in [0.25, 0.3) is 22.8 Å². The Morgan fingerprint density at radius 2 is 1.63 bits per heavy atom. The fourth-order valence-electron chi connectivity index (χ4n) is 3.81. The van der Waals surface area contributed by atoms with E-state index < -0.39 is 11.9 Å². The van der Waals surface area contributed by atoms with Crippen LogP contribution < -0.4 is 5.32 Å². The third-order valence-electron chi connectivity index (χ3n) is 5.64. The minimum Gasteiger partial charge on any atom is -0.350 e. The van der Waals surface area contributed by atoms with Crippen LogP contribution in [-0.2, 0) is 12.7 Å². The summed E-state index contributed by atoms with van der Waals surface area (Å²) in [4.78, 5) is 17.0. The number of anilines is 1. The molecule has 0 bridgehead atoms. The van der Waals surface area contributed by atoms with E-state index in [0.29, 0.717) is 29.8 Å². The third-order valence-corrected chi connectivity index (χ3v) is 5.64. The number of nitrogens with one attached hydrogen (secondary N) is 1. The lowest BCUT2D eigenvalue weighted by Gasteiger charge is -2.13. The highest BCUT2D eigenvalue weighted by Gasteiger charge is 2.35. The molecule has 0 aliphatic heterocycles. The van der Waals surface area contributed by atoms with Crippen molar-refractivity contribution in [2.45, 2.75) is 52.4 Å². The standard InChI is InChI=1S/C26H27F3N6/c1-16(2)20-7-5-6-8-21(20)23-31-15-32-25(34-23)30-13-18-9-11-19(12-10-18)24-33-22(26(27,28)29)14-35(24)17(3)4/h5-12,14-17H,13H2,1-4H3,(H,30,31,32,34). The average Bonchev–Trinajstić information content (AvgIpc) is 3.30. The van der Waals surface area contributed by atoms with Gasteiger partial charge in [-0.1, -0.05) is 62.4 Å². The molecule has 0 fully saturated rings. The van der Waals surface area contributed by atoms with Crippen LogP contribution in [0.1, 0.15) is 56.5 Å². The average molecular weight is 481 g/mol. The zero-order valence-corrected chi connectivity index (χ0v) is 20.0. The topological polar surface area (TPSA) is 68.5 Å². The van der Waals surface area contributed by atoms with Gasteiger partial charge in [-0.3, -0.25) is 0 Å². The number of aromatic nitrogens is 5. The van der Waals surface area contributed by atoms with Crippen molar-refractivity contribution in [2.24, 2.45) is 0 Å². The van der Waals surface area contributed by atoms with E-state index in [1.165, 1.54) is 10.9 Å². The molecular formula is C26H27F3N6. The summed E-state index contributed by atoms with van der Waals surface area (Å²) < 4.78 is 41.1. The number of hydrogen-bond acceptors (Lipinski definition) is 5. The third kappa shape index (κ3) is 5.50. The van der Waals surface area contributed by atoms with Crippen LogP contribution >= 0.6 is 0 Å². The second-order valence-electron chi connectivity index (χ2n) is 8.87. The predicted molar refractivity (Wildman–Crippen MR) is 130 cm³/mol. The number of halogens is 3. The van der Waals surface area contributed by atoms with Gasteiger partial charge < -0.3 is 9.88 Å². The lowest BCUT2D eigenvalue weighted by atomic mass is 9.97. The number of imidazole rings is 1. The van der Waals surface area contributed by atoms with Crippen LogP contribution in [-0.4, -0.2) is 24.5 Å². The number of nitrogens with zero attached hydrogens (tertiary/aromatic N) is 5. The highest BCUT2D eigenvalue weighted by molar-refractivity contribution is 5.62. The summed E-state index contributed by atoms with van der Waals surface area (Å²) in [7, 11) is 0. The summed E-state index contributed by atoms with van der Waals surface area (Å²) in [5.74, 6) is 1.67. The molecule has 35 heavy (non-hydrogen) atoms. The van der Waals surface area contributed by atoms with E-state index in [9.17, 15) is 13.2 Å². The number of alkyl halides is 3. The predicted octanol–water partition coefficient (Wildman–Crippen LogP) is 6.74. The first-order chi connectivity index (χ1) is 16.6. The lowest BCUT2D eigenvalue weighted by molar-refractivity contribution is -0.140. The SMILES string of the molecule is CC(C)c1ccccc1-c1ncnc(NCc2ccc(-c3nc(C(F)(F)F)cn3C(C)C)cc2)n1. The second kappa shape index (κ2) is 9.85. The molecule has 0 saturated heterocycles. The van der Waals surface area contributed by atoms with Crippen LogP contribution in [0, 0.1) is 0 Å². The van der Waals surface area contributed by atoms with E-state index in [4.69, 9.17) is 0 Å². The first-order valence-electron chi connectivity index (χ1n) is 11.4. The molecule has 6 nitrogen and oxygen atoms in total. The minimum absolute atomic E-state index is 0.159. The van der Waals surface area contributed by atoms with Crippen LogP contribution in [0.15, 0.2) is 61.1 Å². The summed E-state index contributed by atoms with van der Waals surface area (Å²) in [6.45, 7) is 8.35. The summed E-state index contributed by atoms with van der Waals surface area (Å²) in [6, 6.07) is 15.1. The van der Waals surface area contributed by atoms with Gasteiger partial charge >= 0.3 is 6.18 Å². The van der Waals surface area contributed by atoms with Crippen molar-refractivity contribution in [1.29, 1.82) is 0 Å². The van der Waals surface area contributed by atoms with E-state index in [1.807, 2.05) is 44.2 Å². The zero-order chi connectivity index (χ0) is 25.2. The van der Waals surface area contributed by atoms with Gasteiger partial charge in [-0.15, -0.1) is 0 Å². The molecule has 182 valence electrons. The molecule has 0 amide bonds. The summed E-state index contributed by atoms with van der Waals surface area (Å²) >= 11 is 0. The Labute approximate surface area is 202 Å². The van der Waals surface area contributed by atoms with Gasteiger partial charge in [0.05, 0.1) is 0 Å². The molecule has 0 unspecified atom stereocenters. The van der Waals surface area contributed by atoms with Gasteiger partial charge in [0.25, 0.3) is 0 Å². The molecule has 0 aliphatic rings. The molecule has 0 saturated carbocycles. The Morgan fingerprint density at radius 1 is 0.914 bits per heavy atom. The number of hydrogen-bond donors (Lipinski definition) is 1. The Kier molecular flexibility index (Phi) is 6.86. The molecule has 0 aliphatic carbocycles. The van der Waals surface area contributed by atoms with E-state index in [2.05, 4.69) is 45.2 Å². The molecular weight excluding hydrogens is 453 g/mol. The van der Waals surface area contributed by atoms with Crippen LogP contribution in [0.5, 0.6) is 0 Å². The smallest absolute Gasteiger partial charge is 0.350 e. The van der Waals surface area contributed by atoms with Crippen molar-refractivity contribution >= 4 is 5.95 Å². The van der Waals surface area contributed by atoms with Gasteiger partial charge in [-0.05, 0) is 30.9 Å². The molecule has 0 radical (unpaired) electrons. The molecule has 2 aromatic carbocycles. The summed E-state index contributed by atoms with van der Waals surface area (Å²) in [5, 5.41) is 3.20. The highest BCUT2D eigenvalue weighted by atomic mass is 19.4. The Hall–Kier alpha value is -3.75. The maximum atomic E-state index is 13.2. The van der Waals surface area contributed by atoms with Gasteiger partial charge in [0.2, 0.25) is 5.95 Å². The second-order valence-corrected chi connectivity index (χ2v) is 8.87. The number of rotatable bonds is 7. The van der Waals surface area contributed by atoms with E-state index >= 15 is 0 Å². The Balaban J connectivity index is 1.51. The highest BCUT2D eigenvalue weighted by Crippen LogP contribution is 2.32. The summed E-state index contributed by atoms with van der Waals surface area (Å²) in [5.41, 5.74) is 2.78. The lowest BCUT2D eigenvalue weighted by Crippen LogP contribution is -2.06. The van der Waals surface area contributed by atoms with Crippen molar-refractivity contribution < 1.29 is 13.2 Å².